The topological polar surface area (TPSA) is 38.0 Å². The van der Waals surface area contributed by atoms with Crippen LogP contribution in [0.1, 0.15) is 49.3 Å². The molecule has 1 unspecified atom stereocenters. The molecule has 2 rings (SSSR count). The molecular formula is C12H18N2. The average Bonchev–Trinajstić information content (AvgIpc) is 2.15. The Hall–Kier alpha value is -0.860. The first kappa shape index (κ1) is 9.69. The lowest BCUT2D eigenvalue weighted by Gasteiger charge is -2.29. The van der Waals surface area contributed by atoms with E-state index in [1.807, 2.05) is 0 Å². The van der Waals surface area contributed by atoms with E-state index in [2.05, 4.69) is 36.6 Å². The molecule has 2 nitrogen and oxygen atoms in total. The van der Waals surface area contributed by atoms with Gasteiger partial charge in [-0.1, -0.05) is 30.7 Å². The maximum Gasteiger partial charge on any atom is 0.0434 e. The molecule has 1 saturated carbocycles. The van der Waals surface area contributed by atoms with Gasteiger partial charge in [-0.25, -0.2) is 0 Å². The maximum absolute atomic E-state index is 5.48. The van der Waals surface area contributed by atoms with E-state index >= 15 is 0 Å². The van der Waals surface area contributed by atoms with Crippen LogP contribution in [0.3, 0.4) is 0 Å². The molecule has 0 aliphatic heterocycles. The van der Waals surface area contributed by atoms with Gasteiger partial charge in [0.2, 0.25) is 0 Å². The molecule has 0 bridgehead atoms. The van der Waals surface area contributed by atoms with E-state index in [0.29, 0.717) is 0 Å². The third kappa shape index (κ3) is 1.68. The molecule has 1 fully saturated rings. The van der Waals surface area contributed by atoms with Crippen molar-refractivity contribution >= 4 is 0 Å². The third-order valence-electron chi connectivity index (χ3n) is 3.26. The molecule has 0 radical (unpaired) electrons. The van der Waals surface area contributed by atoms with Crippen molar-refractivity contribution in [3.8, 4) is 0 Å². The third-order valence-corrected chi connectivity index (χ3v) is 3.26. The number of rotatable bonds is 3. The van der Waals surface area contributed by atoms with Crippen LogP contribution in [-0.2, 0) is 0 Å². The fourth-order valence-corrected chi connectivity index (χ4v) is 2.09. The lowest BCUT2D eigenvalue weighted by molar-refractivity contribution is 0.413. The fraction of sp³-hybridized carbons (Fsp3) is 0.500. The Bertz CT molecular complexity index is 281. The Kier molecular flexibility index (Phi) is 2.85. The Balaban J connectivity index is 2.27. The highest BCUT2D eigenvalue weighted by Gasteiger charge is 2.22. The molecule has 0 aromatic heterocycles. The van der Waals surface area contributed by atoms with Crippen LogP contribution < -0.4 is 11.3 Å². The highest BCUT2D eigenvalue weighted by molar-refractivity contribution is 5.33. The maximum atomic E-state index is 5.48. The molecule has 1 aromatic carbocycles. The summed E-state index contributed by atoms with van der Waals surface area (Å²) in [7, 11) is 0. The Morgan fingerprint density at radius 2 is 2.07 bits per heavy atom. The Labute approximate surface area is 85.5 Å². The van der Waals surface area contributed by atoms with Crippen LogP contribution in [0.5, 0.6) is 0 Å². The summed E-state index contributed by atoms with van der Waals surface area (Å²) in [4.78, 5) is 0. The minimum absolute atomic E-state index is 0.256. The standard InChI is InChI=1S/C12H18N2/c1-9(14-13)11-7-2-3-8-12(11)10-5-4-6-10/h2-3,7-10,14H,4-6,13H2,1H3. The van der Waals surface area contributed by atoms with Gasteiger partial charge in [0.1, 0.15) is 0 Å². The van der Waals surface area contributed by atoms with E-state index in [-0.39, 0.29) is 6.04 Å². The van der Waals surface area contributed by atoms with E-state index in [4.69, 9.17) is 5.84 Å². The van der Waals surface area contributed by atoms with E-state index in [1.165, 1.54) is 30.4 Å². The SMILES string of the molecule is CC(NN)c1ccccc1C1CCC1. The van der Waals surface area contributed by atoms with Gasteiger partial charge in [-0.2, -0.15) is 0 Å². The zero-order valence-corrected chi connectivity index (χ0v) is 8.66. The van der Waals surface area contributed by atoms with Crippen LogP contribution in [0.25, 0.3) is 0 Å². The first-order valence-electron chi connectivity index (χ1n) is 5.38. The molecule has 0 spiro atoms. The van der Waals surface area contributed by atoms with E-state index < -0.39 is 0 Å². The van der Waals surface area contributed by atoms with Crippen LogP contribution in [0.2, 0.25) is 0 Å². The van der Waals surface area contributed by atoms with Gasteiger partial charge in [0.05, 0.1) is 0 Å². The minimum atomic E-state index is 0.256. The number of hydrogen-bond acceptors (Lipinski definition) is 2. The number of nitrogens with one attached hydrogen (secondary N) is 1. The molecule has 0 amide bonds. The predicted molar refractivity (Wildman–Crippen MR) is 58.8 cm³/mol. The summed E-state index contributed by atoms with van der Waals surface area (Å²) in [6.45, 7) is 2.11. The highest BCUT2D eigenvalue weighted by atomic mass is 15.2. The van der Waals surface area contributed by atoms with Crippen molar-refractivity contribution in [2.75, 3.05) is 0 Å². The second-order valence-corrected chi connectivity index (χ2v) is 4.15. The summed E-state index contributed by atoms with van der Waals surface area (Å²) in [5.74, 6) is 6.26. The highest BCUT2D eigenvalue weighted by Crippen LogP contribution is 2.39. The molecule has 0 heterocycles. The van der Waals surface area contributed by atoms with Gasteiger partial charge in [-0.05, 0) is 36.8 Å². The zero-order chi connectivity index (χ0) is 9.97. The van der Waals surface area contributed by atoms with Crippen molar-refractivity contribution in [2.45, 2.75) is 38.1 Å². The minimum Gasteiger partial charge on any atom is -0.271 e. The normalized spacial score (nSPS) is 19.0. The molecule has 76 valence electrons. The van der Waals surface area contributed by atoms with Gasteiger partial charge < -0.3 is 0 Å². The van der Waals surface area contributed by atoms with E-state index in [1.54, 1.807) is 0 Å². The van der Waals surface area contributed by atoms with Crippen LogP contribution in [-0.4, -0.2) is 0 Å². The summed E-state index contributed by atoms with van der Waals surface area (Å²) in [6.07, 6.45) is 4.06. The zero-order valence-electron chi connectivity index (χ0n) is 8.66. The Morgan fingerprint density at radius 3 is 2.64 bits per heavy atom. The monoisotopic (exact) mass is 190 g/mol. The predicted octanol–water partition coefficient (Wildman–Crippen LogP) is 2.48. The number of hydrazine groups is 1. The van der Waals surface area contributed by atoms with Crippen molar-refractivity contribution < 1.29 is 0 Å². The van der Waals surface area contributed by atoms with E-state index in [9.17, 15) is 0 Å². The summed E-state index contributed by atoms with van der Waals surface area (Å²) in [5.41, 5.74) is 5.68. The van der Waals surface area contributed by atoms with Gasteiger partial charge in [-0.15, -0.1) is 0 Å². The van der Waals surface area contributed by atoms with Gasteiger partial charge in [-0.3, -0.25) is 11.3 Å². The fourth-order valence-electron chi connectivity index (χ4n) is 2.09. The summed E-state index contributed by atoms with van der Waals surface area (Å²) >= 11 is 0. The molecule has 14 heavy (non-hydrogen) atoms. The molecule has 1 aliphatic rings. The van der Waals surface area contributed by atoms with Crippen molar-refractivity contribution in [1.82, 2.24) is 5.43 Å². The lowest BCUT2D eigenvalue weighted by Crippen LogP contribution is -2.27. The van der Waals surface area contributed by atoms with Crippen LogP contribution in [0.15, 0.2) is 24.3 Å². The average molecular weight is 190 g/mol. The number of nitrogens with two attached hydrogens (primary N) is 1. The van der Waals surface area contributed by atoms with Crippen molar-refractivity contribution in [1.29, 1.82) is 0 Å². The van der Waals surface area contributed by atoms with Gasteiger partial charge >= 0.3 is 0 Å². The smallest absolute Gasteiger partial charge is 0.0434 e. The summed E-state index contributed by atoms with van der Waals surface area (Å²) < 4.78 is 0. The van der Waals surface area contributed by atoms with Crippen molar-refractivity contribution in [3.63, 3.8) is 0 Å². The van der Waals surface area contributed by atoms with E-state index in [0.717, 1.165) is 5.92 Å². The van der Waals surface area contributed by atoms with Crippen molar-refractivity contribution in [2.24, 2.45) is 5.84 Å². The Morgan fingerprint density at radius 1 is 1.36 bits per heavy atom. The second kappa shape index (κ2) is 4.11. The molecule has 1 aliphatic carbocycles. The molecule has 1 atom stereocenters. The number of benzene rings is 1. The molecular weight excluding hydrogens is 172 g/mol. The molecule has 1 aromatic rings. The van der Waals surface area contributed by atoms with Crippen LogP contribution >= 0.6 is 0 Å². The summed E-state index contributed by atoms with van der Waals surface area (Å²) in [5, 5.41) is 0. The largest absolute Gasteiger partial charge is 0.271 e. The molecule has 2 heteroatoms. The number of hydrogen-bond donors (Lipinski definition) is 2. The first-order valence-corrected chi connectivity index (χ1v) is 5.38. The quantitative estimate of drug-likeness (QED) is 0.567. The first-order chi connectivity index (χ1) is 6.83. The van der Waals surface area contributed by atoms with Crippen molar-refractivity contribution in [3.05, 3.63) is 35.4 Å². The molecule has 0 saturated heterocycles. The van der Waals surface area contributed by atoms with Gasteiger partial charge in [0.25, 0.3) is 0 Å². The second-order valence-electron chi connectivity index (χ2n) is 4.15. The lowest BCUT2D eigenvalue weighted by atomic mass is 9.77. The van der Waals surface area contributed by atoms with Gasteiger partial charge in [0.15, 0.2) is 0 Å². The van der Waals surface area contributed by atoms with Crippen LogP contribution in [0, 0.1) is 0 Å². The van der Waals surface area contributed by atoms with Gasteiger partial charge in [0, 0.05) is 6.04 Å². The van der Waals surface area contributed by atoms with Crippen LogP contribution in [0.4, 0.5) is 0 Å². The molecule has 3 N–H and O–H groups in total. The summed E-state index contributed by atoms with van der Waals surface area (Å²) in [6, 6.07) is 8.89.